The number of rotatable bonds is 17. The number of ether oxygens (including phenoxy) is 11. The maximum Gasteiger partial charge on any atom is 0.310 e. The summed E-state index contributed by atoms with van der Waals surface area (Å²) < 4.78 is 60.5. The normalized spacial score (nSPS) is 20.1. The maximum absolute atomic E-state index is 12.7. The van der Waals surface area contributed by atoms with E-state index in [1.165, 1.54) is 18.2 Å². The van der Waals surface area contributed by atoms with Gasteiger partial charge < -0.3 is 57.2 Å². The number of hydrogen-bond donors (Lipinski definition) is 1. The largest absolute Gasteiger partial charge is 0.493 e. The Balaban J connectivity index is 0.000000190. The van der Waals surface area contributed by atoms with Crippen LogP contribution in [0.15, 0.2) is 36.4 Å². The summed E-state index contributed by atoms with van der Waals surface area (Å²) in [6, 6.07) is 11.4. The van der Waals surface area contributed by atoms with Crippen molar-refractivity contribution >= 4 is 5.97 Å². The summed E-state index contributed by atoms with van der Waals surface area (Å²) in [5.74, 6) is 2.64. The molecular formula is C41H52O13. The first kappa shape index (κ1) is 39.3. The van der Waals surface area contributed by atoms with Crippen molar-refractivity contribution in [2.24, 2.45) is 11.8 Å². The SMILES string of the molecule is CCCCOCCOCCOCc1cc2c(cc1CCC)OCO2.COc1cc([C@@H]2c3cc4c(cc3[C@H](O)[C@H]3COC(=O)[C@H]23)OCO4)cc(OC)c1OC. The Morgan fingerprint density at radius 2 is 1.24 bits per heavy atom. The fourth-order valence-electron chi connectivity index (χ4n) is 7.35. The van der Waals surface area contributed by atoms with Gasteiger partial charge in [-0.15, -0.1) is 0 Å². The second-order valence-corrected chi connectivity index (χ2v) is 13.4. The van der Waals surface area contributed by atoms with Gasteiger partial charge in [0.25, 0.3) is 0 Å². The van der Waals surface area contributed by atoms with E-state index in [-0.39, 0.29) is 31.2 Å². The summed E-state index contributed by atoms with van der Waals surface area (Å²) in [6.07, 6.45) is 3.53. The number of aliphatic hydroxyl groups excluding tert-OH is 1. The molecule has 1 saturated heterocycles. The smallest absolute Gasteiger partial charge is 0.310 e. The molecule has 4 atom stereocenters. The molecule has 3 aromatic carbocycles. The van der Waals surface area contributed by atoms with Crippen molar-refractivity contribution in [2.75, 3.05) is 74.6 Å². The van der Waals surface area contributed by atoms with Crippen LogP contribution >= 0.6 is 0 Å². The number of cyclic esters (lactones) is 1. The third kappa shape index (κ3) is 8.59. The van der Waals surface area contributed by atoms with Crippen LogP contribution in [-0.4, -0.2) is 85.6 Å². The molecule has 0 amide bonds. The average Bonchev–Trinajstić information content (AvgIpc) is 3.95. The molecule has 0 bridgehead atoms. The van der Waals surface area contributed by atoms with Crippen molar-refractivity contribution in [1.82, 2.24) is 0 Å². The highest BCUT2D eigenvalue weighted by Gasteiger charge is 2.52. The van der Waals surface area contributed by atoms with Crippen molar-refractivity contribution in [1.29, 1.82) is 0 Å². The molecule has 3 aromatic rings. The Labute approximate surface area is 316 Å². The van der Waals surface area contributed by atoms with Crippen LogP contribution in [0.25, 0.3) is 0 Å². The van der Waals surface area contributed by atoms with E-state index < -0.39 is 12.0 Å². The zero-order valence-corrected chi connectivity index (χ0v) is 31.8. The summed E-state index contributed by atoms with van der Waals surface area (Å²) in [4.78, 5) is 12.7. The lowest BCUT2D eigenvalue weighted by Gasteiger charge is -2.37. The van der Waals surface area contributed by atoms with E-state index >= 15 is 0 Å². The molecule has 0 aromatic heterocycles. The Bertz CT molecular complexity index is 1700. The van der Waals surface area contributed by atoms with Crippen molar-refractivity contribution in [3.8, 4) is 40.2 Å². The lowest BCUT2D eigenvalue weighted by atomic mass is 9.66. The molecule has 0 radical (unpaired) electrons. The number of aliphatic hydroxyl groups is 1. The Morgan fingerprint density at radius 1 is 0.667 bits per heavy atom. The standard InChI is InChI=1S/C22H22O8.C19H30O5/c1-25-16-4-10(5-17(26-2)21(16)27-3)18-11-6-14-15(30-9-29-14)7-12(11)20(23)13-8-28-22(24)19(13)18;1-3-5-7-20-8-9-21-10-11-22-14-17-13-19-18(23-15-24-19)12-16(17)6-4-2/h4-7,13,18-20,23H,8-9H2,1-3H3;12-13H,3-11,14-15H2,1-2H3/t13-,18+,19-,20-;/m0./s1. The van der Waals surface area contributed by atoms with Crippen molar-refractivity contribution in [2.45, 2.75) is 58.2 Å². The van der Waals surface area contributed by atoms with Crippen molar-refractivity contribution < 1.29 is 62.0 Å². The number of carbonyl (C=O) groups excluding carboxylic acids is 1. The third-order valence-electron chi connectivity index (χ3n) is 10.1. The zero-order valence-electron chi connectivity index (χ0n) is 31.8. The summed E-state index contributed by atoms with van der Waals surface area (Å²) >= 11 is 0. The Kier molecular flexibility index (Phi) is 13.6. The van der Waals surface area contributed by atoms with Crippen LogP contribution in [0.4, 0.5) is 0 Å². The maximum atomic E-state index is 12.7. The van der Waals surface area contributed by atoms with Gasteiger partial charge in [0.2, 0.25) is 19.3 Å². The Hall–Kier alpha value is -4.43. The van der Waals surface area contributed by atoms with Crippen LogP contribution in [-0.2, 0) is 36.8 Å². The van der Waals surface area contributed by atoms with Crippen LogP contribution in [0.1, 0.15) is 72.9 Å². The molecule has 3 heterocycles. The van der Waals surface area contributed by atoms with Gasteiger partial charge in [0.05, 0.1) is 73.0 Å². The fraction of sp³-hybridized carbons (Fsp3) is 0.537. The molecule has 1 fully saturated rings. The van der Waals surface area contributed by atoms with Gasteiger partial charge in [0, 0.05) is 18.4 Å². The van der Waals surface area contributed by atoms with Gasteiger partial charge in [-0.05, 0) is 77.1 Å². The third-order valence-corrected chi connectivity index (χ3v) is 10.1. The molecule has 7 rings (SSSR count). The molecule has 294 valence electrons. The number of methoxy groups -OCH3 is 3. The quantitative estimate of drug-likeness (QED) is 0.125. The molecule has 1 aliphatic carbocycles. The van der Waals surface area contributed by atoms with Gasteiger partial charge >= 0.3 is 5.97 Å². The van der Waals surface area contributed by atoms with E-state index in [1.807, 2.05) is 24.3 Å². The minimum atomic E-state index is -0.843. The molecule has 3 aliphatic heterocycles. The second kappa shape index (κ2) is 18.7. The van der Waals surface area contributed by atoms with E-state index in [0.29, 0.717) is 74.1 Å². The number of unbranched alkanes of at least 4 members (excludes halogenated alkanes) is 1. The molecule has 4 aliphatic rings. The van der Waals surface area contributed by atoms with Crippen LogP contribution in [0, 0.1) is 11.8 Å². The minimum absolute atomic E-state index is 0.123. The van der Waals surface area contributed by atoms with Crippen LogP contribution in [0.2, 0.25) is 0 Å². The fourth-order valence-corrected chi connectivity index (χ4v) is 7.35. The van der Waals surface area contributed by atoms with Crippen molar-refractivity contribution in [3.05, 3.63) is 64.2 Å². The van der Waals surface area contributed by atoms with Crippen LogP contribution in [0.3, 0.4) is 0 Å². The lowest BCUT2D eigenvalue weighted by Crippen LogP contribution is -2.34. The number of benzene rings is 3. The predicted molar refractivity (Wildman–Crippen MR) is 196 cm³/mol. The minimum Gasteiger partial charge on any atom is -0.493 e. The first-order chi connectivity index (χ1) is 26.4. The second-order valence-electron chi connectivity index (χ2n) is 13.4. The van der Waals surface area contributed by atoms with Gasteiger partial charge in [0.15, 0.2) is 34.5 Å². The van der Waals surface area contributed by atoms with Gasteiger partial charge in [0.1, 0.15) is 0 Å². The zero-order chi connectivity index (χ0) is 38.0. The molecule has 13 heteroatoms. The molecule has 0 unspecified atom stereocenters. The van der Waals surface area contributed by atoms with Crippen molar-refractivity contribution in [3.63, 3.8) is 0 Å². The van der Waals surface area contributed by atoms with Gasteiger partial charge in [-0.1, -0.05) is 26.7 Å². The van der Waals surface area contributed by atoms with E-state index in [1.54, 1.807) is 20.3 Å². The number of hydrogen-bond acceptors (Lipinski definition) is 13. The molecule has 54 heavy (non-hydrogen) atoms. The highest BCUT2D eigenvalue weighted by molar-refractivity contribution is 5.79. The summed E-state index contributed by atoms with van der Waals surface area (Å²) in [5.41, 5.74) is 4.74. The number of carbonyl (C=O) groups is 1. The number of aryl methyl sites for hydroxylation is 1. The summed E-state index contributed by atoms with van der Waals surface area (Å²) in [6.45, 7) is 8.76. The van der Waals surface area contributed by atoms with Gasteiger partial charge in [-0.2, -0.15) is 0 Å². The van der Waals surface area contributed by atoms with Gasteiger partial charge in [-0.25, -0.2) is 0 Å². The molecular weight excluding hydrogens is 700 g/mol. The molecule has 0 saturated carbocycles. The van der Waals surface area contributed by atoms with Crippen LogP contribution < -0.4 is 33.2 Å². The Morgan fingerprint density at radius 3 is 1.83 bits per heavy atom. The van der Waals surface area contributed by atoms with E-state index in [0.717, 1.165) is 54.9 Å². The number of esters is 1. The lowest BCUT2D eigenvalue weighted by molar-refractivity contribution is -0.141. The predicted octanol–water partition coefficient (Wildman–Crippen LogP) is 6.13. The van der Waals surface area contributed by atoms with E-state index in [4.69, 9.17) is 52.1 Å². The molecule has 13 nitrogen and oxygen atoms in total. The van der Waals surface area contributed by atoms with E-state index in [9.17, 15) is 9.90 Å². The molecule has 1 N–H and O–H groups in total. The summed E-state index contributed by atoms with van der Waals surface area (Å²) in [7, 11) is 4.63. The van der Waals surface area contributed by atoms with Crippen LogP contribution in [0.5, 0.6) is 40.2 Å². The average molecular weight is 753 g/mol. The highest BCUT2D eigenvalue weighted by atomic mass is 16.7. The highest BCUT2D eigenvalue weighted by Crippen LogP contribution is 2.55. The monoisotopic (exact) mass is 752 g/mol. The first-order valence-electron chi connectivity index (χ1n) is 18.6. The molecule has 0 spiro atoms. The topological polar surface area (TPSA) is 139 Å². The summed E-state index contributed by atoms with van der Waals surface area (Å²) in [5, 5.41) is 11.0. The first-order valence-corrected chi connectivity index (χ1v) is 18.6. The number of fused-ring (bicyclic) bond motifs is 4. The van der Waals surface area contributed by atoms with Gasteiger partial charge in [-0.3, -0.25) is 4.79 Å². The van der Waals surface area contributed by atoms with E-state index in [2.05, 4.69) is 19.9 Å².